The minimum absolute atomic E-state index is 0.312. The zero-order valence-electron chi connectivity index (χ0n) is 12.0. The van der Waals surface area contributed by atoms with E-state index in [4.69, 9.17) is 4.74 Å². The Morgan fingerprint density at radius 3 is 2.74 bits per heavy atom. The maximum Gasteiger partial charge on any atom is 0.165 e. The number of halogens is 1. The van der Waals surface area contributed by atoms with Crippen molar-refractivity contribution in [1.82, 2.24) is 9.88 Å². The number of ether oxygens (including phenoxy) is 1. The average Bonchev–Trinajstić information content (AvgIpc) is 2.79. The van der Waals surface area contributed by atoms with Gasteiger partial charge >= 0.3 is 0 Å². The van der Waals surface area contributed by atoms with Crippen LogP contribution < -0.4 is 4.74 Å². The minimum atomic E-state index is -0.312. The highest BCUT2D eigenvalue weighted by Crippen LogP contribution is 2.31. The zero-order chi connectivity index (χ0) is 14.0. The second kappa shape index (κ2) is 5.61. The van der Waals surface area contributed by atoms with Crippen LogP contribution in [0.5, 0.6) is 5.75 Å². The predicted octanol–water partition coefficient (Wildman–Crippen LogP) is 3.20. The van der Waals surface area contributed by atoms with Gasteiger partial charge in [0.15, 0.2) is 11.6 Å². The van der Waals surface area contributed by atoms with Gasteiger partial charge in [-0.25, -0.2) is 4.39 Å². The number of methoxy groups -OCH3 is 1. The summed E-state index contributed by atoms with van der Waals surface area (Å²) in [5.74, 6) is 0.0222. The van der Waals surface area contributed by atoms with Crippen LogP contribution in [0.1, 0.15) is 19.4 Å². The van der Waals surface area contributed by atoms with Crippen LogP contribution in [0.2, 0.25) is 0 Å². The summed E-state index contributed by atoms with van der Waals surface area (Å²) in [6.07, 6.45) is 2.81. The highest BCUT2D eigenvalue weighted by molar-refractivity contribution is 5.89. The molecule has 1 N–H and O–H groups in total. The summed E-state index contributed by atoms with van der Waals surface area (Å²) in [6, 6.07) is 3.69. The number of H-pyrrole nitrogens is 1. The molecule has 0 saturated carbocycles. The molecule has 0 radical (unpaired) electrons. The van der Waals surface area contributed by atoms with E-state index in [1.165, 1.54) is 13.2 Å². The molecule has 0 amide bonds. The van der Waals surface area contributed by atoms with Gasteiger partial charge in [-0.2, -0.15) is 0 Å². The Bertz CT molecular complexity index is 563. The number of benzene rings is 1. The maximum absolute atomic E-state index is 13.8. The van der Waals surface area contributed by atoms with Crippen molar-refractivity contribution in [2.24, 2.45) is 0 Å². The lowest BCUT2D eigenvalue weighted by molar-refractivity contribution is 0.277. The van der Waals surface area contributed by atoms with Crippen molar-refractivity contribution < 1.29 is 9.13 Å². The van der Waals surface area contributed by atoms with Crippen LogP contribution in [0.3, 0.4) is 0 Å². The number of rotatable bonds is 5. The van der Waals surface area contributed by atoms with Crippen molar-refractivity contribution in [2.75, 3.05) is 20.7 Å². The lowest BCUT2D eigenvalue weighted by Gasteiger charge is -2.20. The summed E-state index contributed by atoms with van der Waals surface area (Å²) in [6.45, 7) is 5.26. The molecule has 0 aliphatic carbocycles. The Kier molecular flexibility index (Phi) is 4.10. The van der Waals surface area contributed by atoms with Gasteiger partial charge in [-0.1, -0.05) is 0 Å². The molecule has 0 aliphatic heterocycles. The van der Waals surface area contributed by atoms with E-state index in [-0.39, 0.29) is 5.82 Å². The summed E-state index contributed by atoms with van der Waals surface area (Å²) >= 11 is 0. The molecule has 1 aromatic heterocycles. The molecular weight excluding hydrogens is 243 g/mol. The van der Waals surface area contributed by atoms with Crippen LogP contribution in [0.15, 0.2) is 18.3 Å². The molecule has 19 heavy (non-hydrogen) atoms. The fourth-order valence-corrected chi connectivity index (χ4v) is 2.19. The molecule has 104 valence electrons. The van der Waals surface area contributed by atoms with Crippen molar-refractivity contribution in [3.63, 3.8) is 0 Å². The lowest BCUT2D eigenvalue weighted by Crippen LogP contribution is -2.28. The standard InChI is InChI=1S/C15H21FN2O/c1-10(2)18(3)8-7-11-9-17-13-6-5-12(16)15(19-4)14(11)13/h5-6,9-10,17H,7-8H2,1-4H3. The molecule has 1 heterocycles. The molecule has 0 fully saturated rings. The lowest BCUT2D eigenvalue weighted by atomic mass is 10.1. The quantitative estimate of drug-likeness (QED) is 0.898. The summed E-state index contributed by atoms with van der Waals surface area (Å²) in [4.78, 5) is 5.45. The average molecular weight is 264 g/mol. The first-order chi connectivity index (χ1) is 9.04. The maximum atomic E-state index is 13.8. The molecule has 0 aliphatic rings. The van der Waals surface area contributed by atoms with Gasteiger partial charge in [0.2, 0.25) is 0 Å². The number of nitrogens with one attached hydrogen (secondary N) is 1. The minimum Gasteiger partial charge on any atom is -0.493 e. The smallest absolute Gasteiger partial charge is 0.165 e. The van der Waals surface area contributed by atoms with Crippen molar-refractivity contribution in [3.05, 3.63) is 29.7 Å². The molecule has 1 aromatic carbocycles. The molecule has 2 aromatic rings. The van der Waals surface area contributed by atoms with Gasteiger partial charge in [-0.3, -0.25) is 0 Å². The Balaban J connectivity index is 2.31. The predicted molar refractivity (Wildman–Crippen MR) is 76.3 cm³/mol. The van der Waals surface area contributed by atoms with E-state index in [2.05, 4.69) is 30.8 Å². The van der Waals surface area contributed by atoms with Crippen LogP contribution in [0.25, 0.3) is 10.9 Å². The topological polar surface area (TPSA) is 28.3 Å². The van der Waals surface area contributed by atoms with Crippen molar-refractivity contribution in [2.45, 2.75) is 26.3 Å². The van der Waals surface area contributed by atoms with E-state index in [0.29, 0.717) is 11.8 Å². The first kappa shape index (κ1) is 13.9. The van der Waals surface area contributed by atoms with Crippen LogP contribution in [0, 0.1) is 5.82 Å². The van der Waals surface area contributed by atoms with Gasteiger partial charge in [0, 0.05) is 29.7 Å². The van der Waals surface area contributed by atoms with E-state index in [9.17, 15) is 4.39 Å². The summed E-state index contributed by atoms with van der Waals surface area (Å²) in [5, 5.41) is 0.861. The highest BCUT2D eigenvalue weighted by atomic mass is 19.1. The number of hydrogen-bond donors (Lipinski definition) is 1. The van der Waals surface area contributed by atoms with Crippen LogP contribution >= 0.6 is 0 Å². The first-order valence-corrected chi connectivity index (χ1v) is 6.57. The first-order valence-electron chi connectivity index (χ1n) is 6.57. The molecule has 3 nitrogen and oxygen atoms in total. The van der Waals surface area contributed by atoms with Crippen molar-refractivity contribution in [1.29, 1.82) is 0 Å². The number of likely N-dealkylation sites (N-methyl/N-ethyl adjacent to an activating group) is 1. The third-order valence-corrected chi connectivity index (χ3v) is 3.65. The monoisotopic (exact) mass is 264 g/mol. The molecular formula is C15H21FN2O. The number of aromatic nitrogens is 1. The van der Waals surface area contributed by atoms with Gasteiger partial charge in [-0.05, 0) is 45.0 Å². The molecule has 2 rings (SSSR count). The summed E-state index contributed by atoms with van der Waals surface area (Å²) < 4.78 is 19.0. The second-order valence-corrected chi connectivity index (χ2v) is 5.14. The van der Waals surface area contributed by atoms with Gasteiger partial charge in [-0.15, -0.1) is 0 Å². The molecule has 0 bridgehead atoms. The number of fused-ring (bicyclic) bond motifs is 1. The Morgan fingerprint density at radius 1 is 1.37 bits per heavy atom. The Morgan fingerprint density at radius 2 is 2.11 bits per heavy atom. The van der Waals surface area contributed by atoms with Crippen molar-refractivity contribution >= 4 is 10.9 Å². The summed E-state index contributed by atoms with van der Waals surface area (Å²) in [7, 11) is 3.60. The summed E-state index contributed by atoms with van der Waals surface area (Å²) in [5.41, 5.74) is 2.01. The van der Waals surface area contributed by atoms with Gasteiger partial charge in [0.25, 0.3) is 0 Å². The van der Waals surface area contributed by atoms with E-state index >= 15 is 0 Å². The Labute approximate surface area is 113 Å². The third kappa shape index (κ3) is 2.73. The fraction of sp³-hybridized carbons (Fsp3) is 0.467. The van der Waals surface area contributed by atoms with Gasteiger partial charge in [0.05, 0.1) is 7.11 Å². The third-order valence-electron chi connectivity index (χ3n) is 3.65. The number of aromatic amines is 1. The SMILES string of the molecule is COc1c(F)ccc2[nH]cc(CCN(C)C(C)C)c12. The van der Waals surface area contributed by atoms with Crippen molar-refractivity contribution in [3.8, 4) is 5.75 Å². The van der Waals surface area contributed by atoms with E-state index in [0.717, 1.165) is 29.4 Å². The fourth-order valence-electron chi connectivity index (χ4n) is 2.19. The van der Waals surface area contributed by atoms with E-state index in [1.54, 1.807) is 6.07 Å². The highest BCUT2D eigenvalue weighted by Gasteiger charge is 2.14. The Hall–Kier alpha value is -1.55. The number of nitrogens with zero attached hydrogens (tertiary/aromatic N) is 1. The molecule has 4 heteroatoms. The molecule has 0 spiro atoms. The number of hydrogen-bond acceptors (Lipinski definition) is 2. The molecule has 0 saturated heterocycles. The van der Waals surface area contributed by atoms with E-state index in [1.807, 2.05) is 6.20 Å². The zero-order valence-corrected chi connectivity index (χ0v) is 12.0. The molecule has 0 unspecified atom stereocenters. The van der Waals surface area contributed by atoms with Crippen LogP contribution in [0.4, 0.5) is 4.39 Å². The van der Waals surface area contributed by atoms with Crippen LogP contribution in [-0.2, 0) is 6.42 Å². The largest absolute Gasteiger partial charge is 0.493 e. The van der Waals surface area contributed by atoms with Gasteiger partial charge in [0.1, 0.15) is 0 Å². The van der Waals surface area contributed by atoms with E-state index < -0.39 is 0 Å². The second-order valence-electron chi connectivity index (χ2n) is 5.14. The normalized spacial score (nSPS) is 11.7. The van der Waals surface area contributed by atoms with Gasteiger partial charge < -0.3 is 14.6 Å². The molecule has 0 atom stereocenters. The van der Waals surface area contributed by atoms with Crippen LogP contribution in [-0.4, -0.2) is 36.6 Å².